The van der Waals surface area contributed by atoms with Gasteiger partial charge in [-0.3, -0.25) is 0 Å². The summed E-state index contributed by atoms with van der Waals surface area (Å²) in [5.41, 5.74) is 19.5. The van der Waals surface area contributed by atoms with Gasteiger partial charge in [0.15, 0.2) is 0 Å². The van der Waals surface area contributed by atoms with Gasteiger partial charge in [-0.05, 0) is 152 Å². The Morgan fingerprint density at radius 1 is 0.319 bits per heavy atom. The zero-order chi connectivity index (χ0) is 49.7. The molecule has 0 spiro atoms. The summed E-state index contributed by atoms with van der Waals surface area (Å²) in [6.45, 7) is 20.6. The molecule has 0 bridgehead atoms. The molecular formula is C68H61N3S. The molecule has 9 aromatic carbocycles. The Balaban J connectivity index is 1.09. The average molecular weight is 952 g/mol. The van der Waals surface area contributed by atoms with Gasteiger partial charge < -0.3 is 14.2 Å². The van der Waals surface area contributed by atoms with Crippen LogP contribution in [0.1, 0.15) is 79.0 Å². The third kappa shape index (κ3) is 7.90. The largest absolute Gasteiger partial charge is 0.310 e. The number of thiophene rings is 1. The van der Waals surface area contributed by atoms with Crippen molar-refractivity contribution in [3.05, 3.63) is 223 Å². The van der Waals surface area contributed by atoms with Gasteiger partial charge in [0.2, 0.25) is 0 Å². The van der Waals surface area contributed by atoms with E-state index in [0.717, 1.165) is 34.1 Å². The minimum Gasteiger partial charge on any atom is -0.310 e. The number of aromatic nitrogens is 1. The van der Waals surface area contributed by atoms with Gasteiger partial charge in [-0.15, -0.1) is 11.3 Å². The quantitative estimate of drug-likeness (QED) is 0.150. The summed E-state index contributed by atoms with van der Waals surface area (Å²) in [5.74, 6) is 0. The lowest BCUT2D eigenvalue weighted by Crippen LogP contribution is -2.14. The number of benzene rings is 9. The van der Waals surface area contributed by atoms with Crippen molar-refractivity contribution in [3.8, 4) is 22.3 Å². The first-order valence-electron chi connectivity index (χ1n) is 25.4. The Kier molecular flexibility index (Phi) is 10.7. The molecule has 3 aromatic heterocycles. The fraction of sp³-hybridized carbons (Fsp3) is 0.176. The Morgan fingerprint density at radius 3 is 1.51 bits per heavy atom. The fourth-order valence-electron chi connectivity index (χ4n) is 10.8. The molecule has 0 aliphatic heterocycles. The van der Waals surface area contributed by atoms with E-state index in [1.165, 1.54) is 86.4 Å². The lowest BCUT2D eigenvalue weighted by atomic mass is 9.85. The molecule has 0 atom stereocenters. The van der Waals surface area contributed by atoms with Crippen LogP contribution in [0.3, 0.4) is 0 Å². The normalized spacial score (nSPS) is 12.5. The lowest BCUT2D eigenvalue weighted by molar-refractivity contribution is 0.590. The van der Waals surface area contributed by atoms with Crippen LogP contribution in [-0.2, 0) is 16.2 Å². The van der Waals surface area contributed by atoms with Gasteiger partial charge >= 0.3 is 0 Å². The van der Waals surface area contributed by atoms with Crippen LogP contribution in [0, 0.1) is 0 Å². The molecular weight excluding hydrogens is 891 g/mol. The van der Waals surface area contributed by atoms with Crippen molar-refractivity contribution >= 4 is 93.0 Å². The molecule has 0 fully saturated rings. The average Bonchev–Trinajstić information content (AvgIpc) is 4.02. The molecule has 0 saturated carbocycles. The third-order valence-corrected chi connectivity index (χ3v) is 15.9. The maximum Gasteiger partial charge on any atom is 0.0728 e. The Hall–Kier alpha value is -7.66. The Bertz CT molecular complexity index is 3970. The summed E-state index contributed by atoms with van der Waals surface area (Å²) >= 11 is 1.92. The predicted molar refractivity (Wildman–Crippen MR) is 313 cm³/mol. The SMILES string of the molecule is CC(C)(C)c1ccc(N(c2ccccc2)c2ccc3c(c2)c2cc(-c4cccc(C(C)(C)C)c4)cc4c5sc6cc(N(c7cccc(-c8ccccc8)c7)c7cccc(C(C)(C)C)c7)ccc6c5n3c24)cc1. The second kappa shape index (κ2) is 17.0. The molecule has 4 heteroatoms. The van der Waals surface area contributed by atoms with E-state index in [1.807, 2.05) is 11.3 Å². The van der Waals surface area contributed by atoms with E-state index in [4.69, 9.17) is 0 Å². The second-order valence-electron chi connectivity index (χ2n) is 22.8. The van der Waals surface area contributed by atoms with Crippen molar-refractivity contribution in [2.24, 2.45) is 0 Å². The molecule has 0 amide bonds. The topological polar surface area (TPSA) is 10.9 Å². The number of hydrogen-bond acceptors (Lipinski definition) is 3. The molecule has 354 valence electrons. The molecule has 0 N–H and O–H groups in total. The van der Waals surface area contributed by atoms with E-state index in [-0.39, 0.29) is 16.2 Å². The minimum absolute atomic E-state index is 0.00441. The minimum atomic E-state index is -0.00441. The first-order valence-corrected chi connectivity index (χ1v) is 26.2. The van der Waals surface area contributed by atoms with Crippen molar-refractivity contribution in [2.75, 3.05) is 9.80 Å². The van der Waals surface area contributed by atoms with Gasteiger partial charge in [-0.1, -0.05) is 172 Å². The Morgan fingerprint density at radius 2 is 0.819 bits per heavy atom. The smallest absolute Gasteiger partial charge is 0.0728 e. The molecule has 0 aliphatic rings. The number of nitrogens with zero attached hydrogens (tertiary/aromatic N) is 3. The van der Waals surface area contributed by atoms with Crippen molar-refractivity contribution in [2.45, 2.75) is 78.6 Å². The van der Waals surface area contributed by atoms with Crippen LogP contribution < -0.4 is 9.80 Å². The summed E-state index contributed by atoms with van der Waals surface area (Å²) in [4.78, 5) is 4.85. The fourth-order valence-corrected chi connectivity index (χ4v) is 12.0. The van der Waals surface area contributed by atoms with Crippen LogP contribution in [0.2, 0.25) is 0 Å². The van der Waals surface area contributed by atoms with Gasteiger partial charge in [0.1, 0.15) is 0 Å². The zero-order valence-corrected chi connectivity index (χ0v) is 43.7. The van der Waals surface area contributed by atoms with E-state index in [2.05, 4.69) is 283 Å². The van der Waals surface area contributed by atoms with Crippen LogP contribution in [0.25, 0.3) is 69.7 Å². The maximum absolute atomic E-state index is 2.58. The van der Waals surface area contributed by atoms with Gasteiger partial charge in [0.25, 0.3) is 0 Å². The first kappa shape index (κ1) is 45.5. The third-order valence-electron chi connectivity index (χ3n) is 14.7. The van der Waals surface area contributed by atoms with Crippen LogP contribution >= 0.6 is 11.3 Å². The molecule has 3 heterocycles. The highest BCUT2D eigenvalue weighted by Gasteiger charge is 2.26. The molecule has 3 nitrogen and oxygen atoms in total. The van der Waals surface area contributed by atoms with E-state index in [0.29, 0.717) is 0 Å². The standard InChI is InChI=1S/C68H61N3S/c1-66(2,3)48-29-31-52(32-30-48)69(51-25-14-11-15-26-51)55-34-36-61-58(42-55)59-39-47(45-21-16-23-49(37-45)67(4,5)6)40-60-63(59)71(61)64-57-35-33-56(43-62(57)72-65(60)64)70(54-28-18-24-50(41-54)68(7,8)9)53-27-17-22-46(38-53)44-19-12-10-13-20-44/h10-43H,1-9H3. The number of para-hydroxylation sites is 1. The van der Waals surface area contributed by atoms with Crippen LogP contribution in [0.4, 0.5) is 34.1 Å². The highest BCUT2D eigenvalue weighted by atomic mass is 32.1. The highest BCUT2D eigenvalue weighted by molar-refractivity contribution is 7.26. The number of hydrogen-bond donors (Lipinski definition) is 0. The van der Waals surface area contributed by atoms with E-state index in [1.54, 1.807) is 0 Å². The predicted octanol–water partition coefficient (Wildman–Crippen LogP) is 20.2. The number of fused-ring (bicyclic) bond motifs is 8. The zero-order valence-electron chi connectivity index (χ0n) is 42.9. The van der Waals surface area contributed by atoms with Crippen molar-refractivity contribution in [3.63, 3.8) is 0 Å². The number of anilines is 6. The summed E-state index contributed by atoms with van der Waals surface area (Å²) < 4.78 is 5.16. The first-order chi connectivity index (χ1) is 34.6. The molecule has 12 rings (SSSR count). The van der Waals surface area contributed by atoms with Gasteiger partial charge in [0.05, 0.1) is 21.3 Å². The van der Waals surface area contributed by atoms with Crippen molar-refractivity contribution in [1.29, 1.82) is 0 Å². The summed E-state index contributed by atoms with van der Waals surface area (Å²) in [6, 6.07) is 77.1. The highest BCUT2D eigenvalue weighted by Crippen LogP contribution is 2.50. The molecule has 0 saturated heterocycles. The second-order valence-corrected chi connectivity index (χ2v) is 23.8. The molecule has 12 aromatic rings. The van der Waals surface area contributed by atoms with Gasteiger partial charge in [-0.2, -0.15) is 0 Å². The lowest BCUT2D eigenvalue weighted by Gasteiger charge is -2.28. The van der Waals surface area contributed by atoms with Crippen molar-refractivity contribution in [1.82, 2.24) is 4.40 Å². The number of rotatable bonds is 8. The van der Waals surface area contributed by atoms with E-state index in [9.17, 15) is 0 Å². The molecule has 0 radical (unpaired) electrons. The monoisotopic (exact) mass is 951 g/mol. The van der Waals surface area contributed by atoms with E-state index < -0.39 is 0 Å². The maximum atomic E-state index is 2.58. The van der Waals surface area contributed by atoms with Crippen LogP contribution in [0.5, 0.6) is 0 Å². The summed E-state index contributed by atoms with van der Waals surface area (Å²) in [7, 11) is 0. The summed E-state index contributed by atoms with van der Waals surface area (Å²) in [5, 5.41) is 5.07. The van der Waals surface area contributed by atoms with Gasteiger partial charge in [0, 0.05) is 60.4 Å². The van der Waals surface area contributed by atoms with Crippen molar-refractivity contribution < 1.29 is 0 Å². The van der Waals surface area contributed by atoms with E-state index >= 15 is 0 Å². The van der Waals surface area contributed by atoms with Gasteiger partial charge in [-0.25, -0.2) is 0 Å². The molecule has 0 unspecified atom stereocenters. The molecule has 72 heavy (non-hydrogen) atoms. The van der Waals surface area contributed by atoms with Crippen LogP contribution in [-0.4, -0.2) is 4.40 Å². The molecule has 0 aliphatic carbocycles. The van der Waals surface area contributed by atoms with Crippen LogP contribution in [0.15, 0.2) is 206 Å². The summed E-state index contributed by atoms with van der Waals surface area (Å²) in [6.07, 6.45) is 0. The Labute approximate surface area is 428 Å².